The second-order valence-corrected chi connectivity index (χ2v) is 29.5. The molecule has 2 aliphatic carbocycles. The molecule has 0 radical (unpaired) electrons. The number of anilines is 4. The number of fused-ring (bicyclic) bond motifs is 15. The van der Waals surface area contributed by atoms with Gasteiger partial charge in [-0.1, -0.05) is 275 Å². The van der Waals surface area contributed by atoms with Gasteiger partial charge >= 0.3 is 0 Å². The van der Waals surface area contributed by atoms with Crippen molar-refractivity contribution >= 4 is 44.6 Å². The van der Waals surface area contributed by atoms with Gasteiger partial charge in [0.15, 0.2) is 0 Å². The average Bonchev–Trinajstić information content (AvgIpc) is 1.50. The maximum absolute atomic E-state index is 7.26. The van der Waals surface area contributed by atoms with Gasteiger partial charge in [-0.2, -0.15) is 0 Å². The molecular weight excluding hydrogens is 1170 g/mol. The van der Waals surface area contributed by atoms with Gasteiger partial charge in [0, 0.05) is 51.5 Å². The molecule has 0 atom stereocenters. The van der Waals surface area contributed by atoms with Crippen LogP contribution >= 0.6 is 0 Å². The lowest BCUT2D eigenvalue weighted by Crippen LogP contribution is -2.26. The summed E-state index contributed by atoms with van der Waals surface area (Å²) in [4.78, 5) is 10.5. The van der Waals surface area contributed by atoms with E-state index in [4.69, 9.17) is 9.72 Å². The zero-order valence-electron chi connectivity index (χ0n) is 56.0. The summed E-state index contributed by atoms with van der Waals surface area (Å²) in [5, 5.41) is 2.36. The van der Waals surface area contributed by atoms with Gasteiger partial charge < -0.3 is 14.5 Å². The van der Waals surface area contributed by atoms with Crippen LogP contribution in [-0.4, -0.2) is 16.2 Å². The summed E-state index contributed by atoms with van der Waals surface area (Å²) in [6, 6.07) is 103. The Morgan fingerprint density at radius 1 is 0.365 bits per heavy atom. The second-order valence-electron chi connectivity index (χ2n) is 29.5. The van der Waals surface area contributed by atoms with E-state index in [1.807, 2.05) is 0 Å². The van der Waals surface area contributed by atoms with E-state index in [1.165, 1.54) is 100.0 Å². The number of benzene rings is 12. The molecule has 1 spiro atoms. The van der Waals surface area contributed by atoms with Crippen molar-refractivity contribution in [2.45, 2.75) is 84.0 Å². The maximum atomic E-state index is 7.26. The molecular formula is C91H76N4O. The number of nitrogens with zero attached hydrogens (tertiary/aromatic N) is 4. The van der Waals surface area contributed by atoms with Crippen LogP contribution in [0.2, 0.25) is 0 Å². The molecule has 466 valence electrons. The Labute approximate surface area is 564 Å². The lowest BCUT2D eigenvalue weighted by molar-refractivity contribution is 0.483. The van der Waals surface area contributed by atoms with Gasteiger partial charge in [0.1, 0.15) is 24.0 Å². The third kappa shape index (κ3) is 9.37. The molecule has 2 aromatic heterocycles. The van der Waals surface area contributed by atoms with Gasteiger partial charge in [-0.3, -0.25) is 4.57 Å². The van der Waals surface area contributed by atoms with Crippen molar-refractivity contribution in [2.24, 2.45) is 0 Å². The van der Waals surface area contributed by atoms with Crippen LogP contribution in [0.1, 0.15) is 101 Å². The Morgan fingerprint density at radius 3 is 1.51 bits per heavy atom. The summed E-state index contributed by atoms with van der Waals surface area (Å²) in [5.41, 5.74) is 29.3. The topological polar surface area (TPSA) is 33.5 Å². The number of hydrogen-bond acceptors (Lipinski definition) is 4. The van der Waals surface area contributed by atoms with Gasteiger partial charge in [-0.05, 0) is 160 Å². The minimum atomic E-state index is -0.572. The standard InChI is InChI=1S/C91H76N4O/c1-88(2,3)63-32-22-30-61(51-63)69-40-25-39-68(60-29-21-28-59(50-60)58-26-11-10-12-27-58)87(69)94-57-93(80-44-19-20-45-81(80)94)65-34-24-35-66(53-65)96-67-46-47-74-83(54-67)95(84-55-79(90(7,8)9)75(56-92-84)62-31-23-33-64(52-62)89(4,5)6)82-49-48-73-72-38-15-18-43-78(72)91(86(73)85(74)82)76-41-16-13-36-70(76)71-37-14-17-42-77(71)91/h10-56H,57H2,1-9H3. The number of aromatic nitrogens is 2. The molecule has 5 heteroatoms. The van der Waals surface area contributed by atoms with Gasteiger partial charge in [-0.25, -0.2) is 4.98 Å². The second kappa shape index (κ2) is 22.0. The summed E-state index contributed by atoms with van der Waals surface area (Å²) >= 11 is 0. The van der Waals surface area contributed by atoms with E-state index >= 15 is 0 Å². The highest BCUT2D eigenvalue weighted by atomic mass is 16.5. The Balaban J connectivity index is 0.818. The highest BCUT2D eigenvalue weighted by Crippen LogP contribution is 2.65. The molecule has 0 saturated carbocycles. The van der Waals surface area contributed by atoms with E-state index in [1.54, 1.807) is 0 Å². The van der Waals surface area contributed by atoms with E-state index in [0.29, 0.717) is 6.67 Å². The van der Waals surface area contributed by atoms with Crippen LogP contribution in [0.15, 0.2) is 285 Å². The predicted octanol–water partition coefficient (Wildman–Crippen LogP) is 24.1. The van der Waals surface area contributed by atoms with Crippen LogP contribution in [0.4, 0.5) is 22.7 Å². The fourth-order valence-electron chi connectivity index (χ4n) is 16.0. The minimum Gasteiger partial charge on any atom is -0.457 e. The minimum absolute atomic E-state index is 0.0115. The third-order valence-corrected chi connectivity index (χ3v) is 20.6. The normalized spacial score (nSPS) is 13.7. The zero-order valence-corrected chi connectivity index (χ0v) is 56.0. The van der Waals surface area contributed by atoms with Crippen molar-refractivity contribution in [3.05, 3.63) is 324 Å². The number of hydrogen-bond donors (Lipinski definition) is 0. The Morgan fingerprint density at radius 2 is 0.875 bits per heavy atom. The molecule has 0 bridgehead atoms. The van der Waals surface area contributed by atoms with Crippen molar-refractivity contribution < 1.29 is 4.74 Å². The summed E-state index contributed by atoms with van der Waals surface area (Å²) in [6.45, 7) is 21.3. The molecule has 5 nitrogen and oxygen atoms in total. The maximum Gasteiger partial charge on any atom is 0.137 e. The molecule has 0 amide bonds. The van der Waals surface area contributed by atoms with E-state index in [2.05, 4.69) is 362 Å². The average molecular weight is 1240 g/mol. The fourth-order valence-corrected chi connectivity index (χ4v) is 16.0. The molecule has 96 heavy (non-hydrogen) atoms. The first kappa shape index (κ1) is 58.8. The molecule has 0 unspecified atom stereocenters. The molecule has 17 rings (SSSR count). The SMILES string of the molecule is CC(C)(C)c1cccc(-c2cnc(-n3c4cc(Oc5cccc(N6CN(c7c(-c8cccc(-c9ccccc9)c8)cccc7-c7cccc(C(C)(C)C)c7)c7ccccc76)c5)ccc4c4c5c(ccc43)-c3ccccc3C53c4ccccc4-c4ccccc43)cc2C(C)(C)C)c1. The van der Waals surface area contributed by atoms with Crippen LogP contribution in [-0.2, 0) is 21.7 Å². The van der Waals surface area contributed by atoms with Gasteiger partial charge in [0.05, 0.1) is 33.5 Å². The lowest BCUT2D eigenvalue weighted by Gasteiger charge is -2.31. The smallest absolute Gasteiger partial charge is 0.137 e. The molecule has 12 aromatic carbocycles. The van der Waals surface area contributed by atoms with Crippen molar-refractivity contribution in [2.75, 3.05) is 16.5 Å². The van der Waals surface area contributed by atoms with E-state index in [0.717, 1.165) is 67.6 Å². The van der Waals surface area contributed by atoms with E-state index in [9.17, 15) is 0 Å². The lowest BCUT2D eigenvalue weighted by atomic mass is 9.69. The zero-order chi connectivity index (χ0) is 65.4. The highest BCUT2D eigenvalue weighted by Gasteiger charge is 2.53. The first-order valence-corrected chi connectivity index (χ1v) is 33.9. The number of pyridine rings is 1. The van der Waals surface area contributed by atoms with E-state index < -0.39 is 5.41 Å². The molecule has 3 aliphatic rings. The van der Waals surface area contributed by atoms with Crippen molar-refractivity contribution in [1.82, 2.24) is 9.55 Å². The molecule has 3 heterocycles. The Hall–Kier alpha value is -11.0. The van der Waals surface area contributed by atoms with Crippen LogP contribution < -0.4 is 14.5 Å². The molecule has 1 aliphatic heterocycles. The molecule has 0 saturated heterocycles. The largest absolute Gasteiger partial charge is 0.457 e. The summed E-state index contributed by atoms with van der Waals surface area (Å²) in [5.74, 6) is 2.34. The first-order valence-electron chi connectivity index (χ1n) is 33.9. The molecule has 14 aromatic rings. The summed E-state index contributed by atoms with van der Waals surface area (Å²) in [7, 11) is 0. The van der Waals surface area contributed by atoms with Gasteiger partial charge in [0.25, 0.3) is 0 Å². The van der Waals surface area contributed by atoms with Crippen LogP contribution in [0.25, 0.3) is 94.4 Å². The summed E-state index contributed by atoms with van der Waals surface area (Å²) in [6.07, 6.45) is 2.13. The van der Waals surface area contributed by atoms with Crippen LogP contribution in [0, 0.1) is 0 Å². The molecule has 0 fully saturated rings. The fraction of sp³-hybridized carbons (Fsp3) is 0.154. The van der Waals surface area contributed by atoms with Crippen LogP contribution in [0.5, 0.6) is 11.5 Å². The number of rotatable bonds is 9. The predicted molar refractivity (Wildman–Crippen MR) is 401 cm³/mol. The van der Waals surface area contributed by atoms with Crippen molar-refractivity contribution in [3.63, 3.8) is 0 Å². The highest BCUT2D eigenvalue weighted by molar-refractivity contribution is 6.16. The van der Waals surface area contributed by atoms with Crippen LogP contribution in [0.3, 0.4) is 0 Å². The monoisotopic (exact) mass is 1240 g/mol. The quantitative estimate of drug-likeness (QED) is 0.144. The summed E-state index contributed by atoms with van der Waals surface area (Å²) < 4.78 is 9.68. The molecule has 0 N–H and O–H groups in total. The third-order valence-electron chi connectivity index (χ3n) is 20.6. The number of para-hydroxylation sites is 3. The van der Waals surface area contributed by atoms with Crippen molar-refractivity contribution in [3.8, 4) is 84.1 Å². The number of ether oxygens (including phenoxy) is 1. The Kier molecular flexibility index (Phi) is 13.5. The first-order chi connectivity index (χ1) is 46.5. The van der Waals surface area contributed by atoms with Crippen molar-refractivity contribution in [1.29, 1.82) is 0 Å². The van der Waals surface area contributed by atoms with Gasteiger partial charge in [-0.15, -0.1) is 0 Å². The van der Waals surface area contributed by atoms with Gasteiger partial charge in [0.2, 0.25) is 0 Å². The van der Waals surface area contributed by atoms with E-state index in [-0.39, 0.29) is 16.2 Å². The Bertz CT molecular complexity index is 5390.